The van der Waals surface area contributed by atoms with Gasteiger partial charge in [-0.15, -0.1) is 0 Å². The summed E-state index contributed by atoms with van der Waals surface area (Å²) in [5.41, 5.74) is 1.03. The second-order valence-electron chi connectivity index (χ2n) is 10.3. The van der Waals surface area contributed by atoms with Crippen molar-refractivity contribution in [2.45, 2.75) is 96.2 Å². The van der Waals surface area contributed by atoms with Gasteiger partial charge in [0.15, 0.2) is 14.6 Å². The molecular weight excluding hydrogens is 384 g/mol. The van der Waals surface area contributed by atoms with Crippen LogP contribution in [-0.2, 0) is 23.4 Å². The Kier molecular flexibility index (Phi) is 6.98. The number of fused-ring (bicyclic) bond motifs is 1. The van der Waals surface area contributed by atoms with Gasteiger partial charge in [-0.1, -0.05) is 32.4 Å². The lowest BCUT2D eigenvalue weighted by Crippen LogP contribution is -2.46. The first-order chi connectivity index (χ1) is 13.6. The number of carbonyl (C=O) groups is 1. The first-order valence-electron chi connectivity index (χ1n) is 11.4. The lowest BCUT2D eigenvalue weighted by molar-refractivity contribution is -0.161. The van der Waals surface area contributed by atoms with Crippen LogP contribution in [0.4, 0.5) is 0 Å². The zero-order valence-electron chi connectivity index (χ0n) is 19.2. The minimum absolute atomic E-state index is 0.0397. The molecule has 1 saturated heterocycles. The van der Waals surface area contributed by atoms with Crippen molar-refractivity contribution in [2.24, 2.45) is 11.8 Å². The Labute approximate surface area is 177 Å². The van der Waals surface area contributed by atoms with Crippen molar-refractivity contribution in [1.29, 1.82) is 0 Å². The van der Waals surface area contributed by atoms with E-state index in [2.05, 4.69) is 39.9 Å². The van der Waals surface area contributed by atoms with Crippen molar-refractivity contribution in [3.8, 4) is 0 Å². The van der Waals surface area contributed by atoms with E-state index >= 15 is 0 Å². The average molecular weight is 425 g/mol. The van der Waals surface area contributed by atoms with Gasteiger partial charge >= 0.3 is 5.97 Å². The Hall–Kier alpha value is -0.693. The zero-order valence-corrected chi connectivity index (χ0v) is 20.2. The molecule has 1 unspecified atom stereocenters. The fourth-order valence-electron chi connectivity index (χ4n) is 4.50. The summed E-state index contributed by atoms with van der Waals surface area (Å²) in [5, 5.41) is 0.117. The number of esters is 1. The monoisotopic (exact) mass is 424 g/mol. The predicted molar refractivity (Wildman–Crippen MR) is 116 cm³/mol. The topological polar surface area (TPSA) is 54.0 Å². The SMILES string of the molecule is CCOC(=O)[C@H]1[C@H]2CC(CCOC3CCCCO3)=CC[C@]21O[Si](C)(C)C(C)(C)C. The van der Waals surface area contributed by atoms with Crippen LogP contribution < -0.4 is 0 Å². The molecule has 1 heterocycles. The normalized spacial score (nSPS) is 32.3. The molecule has 3 rings (SSSR count). The zero-order chi connectivity index (χ0) is 21.3. The molecule has 6 heteroatoms. The van der Waals surface area contributed by atoms with Gasteiger partial charge in [-0.25, -0.2) is 0 Å². The lowest BCUT2D eigenvalue weighted by atomic mass is 9.95. The molecule has 5 nitrogen and oxygen atoms in total. The highest BCUT2D eigenvalue weighted by Crippen LogP contribution is 2.64. The molecule has 0 aromatic heterocycles. The summed E-state index contributed by atoms with van der Waals surface area (Å²) in [5.74, 6) is 0.0206. The van der Waals surface area contributed by atoms with Crippen LogP contribution >= 0.6 is 0 Å². The number of carbonyl (C=O) groups excluding carboxylic acids is 1. The van der Waals surface area contributed by atoms with Crippen LogP contribution in [0.15, 0.2) is 11.6 Å². The predicted octanol–water partition coefficient (Wildman–Crippen LogP) is 5.21. The Morgan fingerprint density at radius 3 is 2.69 bits per heavy atom. The quantitative estimate of drug-likeness (QED) is 0.304. The number of ether oxygens (including phenoxy) is 3. The van der Waals surface area contributed by atoms with Crippen molar-refractivity contribution >= 4 is 14.3 Å². The van der Waals surface area contributed by atoms with Gasteiger partial charge in [0.1, 0.15) is 0 Å². The molecule has 0 bridgehead atoms. The van der Waals surface area contributed by atoms with E-state index in [1.807, 2.05) is 6.92 Å². The van der Waals surface area contributed by atoms with Gasteiger partial charge < -0.3 is 18.6 Å². The summed E-state index contributed by atoms with van der Waals surface area (Å²) in [4.78, 5) is 12.7. The molecular formula is C23H40O5Si. The number of hydrogen-bond donors (Lipinski definition) is 0. The highest BCUT2D eigenvalue weighted by atomic mass is 28.4. The standard InChI is InChI=1S/C23H40O5Si/c1-7-25-21(24)20-18-16-17(12-15-27-19-10-8-9-14-26-19)11-13-23(18,20)28-29(5,6)22(2,3)4/h11,18-20H,7-10,12-16H2,1-6H3/t18-,19?,20-,23+/m1/s1. The molecule has 166 valence electrons. The first-order valence-corrected chi connectivity index (χ1v) is 14.3. The summed E-state index contributed by atoms with van der Waals surface area (Å²) in [6, 6.07) is 0. The van der Waals surface area contributed by atoms with Gasteiger partial charge in [-0.05, 0) is 63.6 Å². The van der Waals surface area contributed by atoms with Crippen molar-refractivity contribution in [3.63, 3.8) is 0 Å². The molecule has 0 N–H and O–H groups in total. The van der Waals surface area contributed by atoms with Gasteiger partial charge in [0, 0.05) is 12.5 Å². The Morgan fingerprint density at radius 2 is 2.07 bits per heavy atom. The molecule has 0 aromatic carbocycles. The first kappa shape index (κ1) is 23.0. The molecule has 2 aliphatic carbocycles. The fourth-order valence-corrected chi connectivity index (χ4v) is 6.12. The van der Waals surface area contributed by atoms with Gasteiger partial charge in [0.25, 0.3) is 0 Å². The van der Waals surface area contributed by atoms with Crippen molar-refractivity contribution in [3.05, 3.63) is 11.6 Å². The van der Waals surface area contributed by atoms with Crippen molar-refractivity contribution < 1.29 is 23.4 Å². The number of hydrogen-bond acceptors (Lipinski definition) is 5. The smallest absolute Gasteiger partial charge is 0.312 e. The van der Waals surface area contributed by atoms with Crippen LogP contribution in [0.5, 0.6) is 0 Å². The molecule has 1 saturated carbocycles. The van der Waals surface area contributed by atoms with Gasteiger partial charge in [-0.3, -0.25) is 4.79 Å². The second kappa shape index (κ2) is 8.81. The molecule has 0 radical (unpaired) electrons. The van der Waals surface area contributed by atoms with Crippen LogP contribution in [0.25, 0.3) is 0 Å². The maximum absolute atomic E-state index is 12.7. The highest BCUT2D eigenvalue weighted by Gasteiger charge is 2.71. The van der Waals surface area contributed by atoms with E-state index in [1.165, 1.54) is 12.0 Å². The van der Waals surface area contributed by atoms with Crippen LogP contribution in [-0.4, -0.2) is 46.0 Å². The van der Waals surface area contributed by atoms with E-state index in [0.29, 0.717) is 13.2 Å². The molecule has 0 aromatic rings. The Balaban J connectivity index is 1.63. The maximum Gasteiger partial charge on any atom is 0.312 e. The van der Waals surface area contributed by atoms with Gasteiger partial charge in [0.2, 0.25) is 0 Å². The van der Waals surface area contributed by atoms with Crippen molar-refractivity contribution in [1.82, 2.24) is 0 Å². The highest BCUT2D eigenvalue weighted by molar-refractivity contribution is 6.74. The molecule has 2 fully saturated rings. The third kappa shape index (κ3) is 4.97. The van der Waals surface area contributed by atoms with E-state index in [0.717, 1.165) is 38.7 Å². The molecule has 3 aliphatic rings. The van der Waals surface area contributed by atoms with Crippen LogP contribution in [0.2, 0.25) is 18.1 Å². The van der Waals surface area contributed by atoms with Gasteiger partial charge in [0.05, 0.1) is 24.7 Å². The second-order valence-corrected chi connectivity index (χ2v) is 15.1. The third-order valence-corrected chi connectivity index (χ3v) is 11.8. The molecule has 4 atom stereocenters. The Bertz CT molecular complexity index is 617. The lowest BCUT2D eigenvalue weighted by Gasteiger charge is -2.41. The third-order valence-electron chi connectivity index (χ3n) is 7.30. The molecule has 1 aliphatic heterocycles. The van der Waals surface area contributed by atoms with Crippen LogP contribution in [0, 0.1) is 11.8 Å². The van der Waals surface area contributed by atoms with E-state index in [-0.39, 0.29) is 34.7 Å². The van der Waals surface area contributed by atoms with Crippen molar-refractivity contribution in [2.75, 3.05) is 19.8 Å². The van der Waals surface area contributed by atoms with E-state index in [4.69, 9.17) is 18.6 Å². The Morgan fingerprint density at radius 1 is 1.31 bits per heavy atom. The van der Waals surface area contributed by atoms with E-state index < -0.39 is 8.32 Å². The fraction of sp³-hybridized carbons (Fsp3) is 0.870. The largest absolute Gasteiger partial charge is 0.466 e. The van der Waals surface area contributed by atoms with Gasteiger partial charge in [-0.2, -0.15) is 0 Å². The molecule has 0 spiro atoms. The molecule has 29 heavy (non-hydrogen) atoms. The molecule has 0 amide bonds. The summed E-state index contributed by atoms with van der Waals surface area (Å²) >= 11 is 0. The summed E-state index contributed by atoms with van der Waals surface area (Å²) in [6.07, 6.45) is 8.20. The minimum Gasteiger partial charge on any atom is -0.466 e. The van der Waals surface area contributed by atoms with E-state index in [9.17, 15) is 4.79 Å². The summed E-state index contributed by atoms with van der Waals surface area (Å²) in [6.45, 7) is 15.1. The van der Waals surface area contributed by atoms with E-state index in [1.54, 1.807) is 0 Å². The average Bonchev–Trinajstić information content (AvgIpc) is 3.28. The van der Waals surface area contributed by atoms with Crippen LogP contribution in [0.3, 0.4) is 0 Å². The summed E-state index contributed by atoms with van der Waals surface area (Å²) in [7, 11) is -1.98. The maximum atomic E-state index is 12.7. The summed E-state index contributed by atoms with van der Waals surface area (Å²) < 4.78 is 23.9. The minimum atomic E-state index is -1.98. The van der Waals surface area contributed by atoms with Crippen LogP contribution in [0.1, 0.15) is 66.2 Å². The number of rotatable bonds is 8.